The minimum Gasteiger partial charge on any atom is -0.317 e. The predicted molar refractivity (Wildman–Crippen MR) is 59.1 cm³/mol. The number of hydrogen-bond acceptors (Lipinski definition) is 3. The summed E-state index contributed by atoms with van der Waals surface area (Å²) in [7, 11) is -2.24. The highest BCUT2D eigenvalue weighted by Gasteiger charge is 2.13. The lowest BCUT2D eigenvalue weighted by Gasteiger charge is -2.22. The Kier molecular flexibility index (Phi) is 5.92. The molecule has 0 bridgehead atoms. The van der Waals surface area contributed by atoms with Crippen molar-refractivity contribution in [2.24, 2.45) is 5.92 Å². The van der Waals surface area contributed by atoms with E-state index in [-0.39, 0.29) is 12.4 Å². The summed E-state index contributed by atoms with van der Waals surface area (Å²) in [4.78, 5) is 0. The molecule has 0 spiro atoms. The van der Waals surface area contributed by atoms with Crippen molar-refractivity contribution in [1.29, 1.82) is 4.78 Å². The van der Waals surface area contributed by atoms with Crippen LogP contribution in [0.25, 0.3) is 0 Å². The average Bonchev–Trinajstić information content (AvgIpc) is 2.02. The lowest BCUT2D eigenvalue weighted by Crippen LogP contribution is -2.28. The lowest BCUT2D eigenvalue weighted by atomic mass is 9.96. The van der Waals surface area contributed by atoms with Gasteiger partial charge in [-0.3, -0.25) is 8.99 Å². The molecule has 0 aromatic rings. The molecule has 5 heteroatoms. The zero-order valence-corrected chi connectivity index (χ0v) is 9.68. The Morgan fingerprint density at radius 3 is 2.46 bits per heavy atom. The molecule has 0 saturated carbocycles. The Morgan fingerprint density at radius 1 is 1.46 bits per heavy atom. The first-order valence-corrected chi connectivity index (χ1v) is 6.63. The van der Waals surface area contributed by atoms with E-state index in [4.69, 9.17) is 4.78 Å². The molecule has 1 heterocycles. The summed E-state index contributed by atoms with van der Waals surface area (Å²) in [6.07, 6.45) is 4.89. The van der Waals surface area contributed by atoms with Crippen LogP contribution in [0.1, 0.15) is 19.3 Å². The van der Waals surface area contributed by atoms with Gasteiger partial charge >= 0.3 is 0 Å². The van der Waals surface area contributed by atoms with Gasteiger partial charge in [-0.1, -0.05) is 0 Å². The third-order valence-corrected chi connectivity index (χ3v) is 3.39. The van der Waals surface area contributed by atoms with Crippen molar-refractivity contribution in [2.75, 3.05) is 25.1 Å². The molecule has 0 aliphatic carbocycles. The summed E-state index contributed by atoms with van der Waals surface area (Å²) < 4.78 is 18.3. The molecule has 0 aromatic heterocycles. The van der Waals surface area contributed by atoms with Gasteiger partial charge in [0.1, 0.15) is 0 Å². The third-order valence-electron chi connectivity index (χ3n) is 2.37. The van der Waals surface area contributed by atoms with Crippen LogP contribution in [0, 0.1) is 10.7 Å². The van der Waals surface area contributed by atoms with Gasteiger partial charge in [0.15, 0.2) is 0 Å². The van der Waals surface area contributed by atoms with Crippen molar-refractivity contribution in [1.82, 2.24) is 5.32 Å². The minimum atomic E-state index is -2.24. The summed E-state index contributed by atoms with van der Waals surface area (Å²) in [5.41, 5.74) is 0. The van der Waals surface area contributed by atoms with E-state index < -0.39 is 9.73 Å². The number of hydrogen-bond donors (Lipinski definition) is 2. The van der Waals surface area contributed by atoms with Gasteiger partial charge in [-0.25, -0.2) is 0 Å². The summed E-state index contributed by atoms with van der Waals surface area (Å²) in [6, 6.07) is 0. The highest BCUT2D eigenvalue weighted by atomic mass is 35.5. The highest BCUT2D eigenvalue weighted by molar-refractivity contribution is 7.91. The number of nitrogens with one attached hydrogen (secondary N) is 2. The van der Waals surface area contributed by atoms with Gasteiger partial charge in [0.25, 0.3) is 0 Å². The number of piperidine rings is 1. The molecular weight excluding hydrogens is 208 g/mol. The summed E-state index contributed by atoms with van der Waals surface area (Å²) in [5.74, 6) is 1.29. The van der Waals surface area contributed by atoms with Crippen molar-refractivity contribution in [3.05, 3.63) is 0 Å². The van der Waals surface area contributed by atoms with E-state index in [0.29, 0.717) is 11.7 Å². The van der Waals surface area contributed by atoms with E-state index >= 15 is 0 Å². The molecule has 2 N–H and O–H groups in total. The van der Waals surface area contributed by atoms with E-state index in [1.807, 2.05) is 0 Å². The van der Waals surface area contributed by atoms with Crippen molar-refractivity contribution >= 4 is 22.1 Å². The van der Waals surface area contributed by atoms with Crippen molar-refractivity contribution in [2.45, 2.75) is 19.3 Å². The zero-order valence-electron chi connectivity index (χ0n) is 8.04. The molecular formula is C8H19ClN2OS. The fourth-order valence-corrected chi connectivity index (χ4v) is 2.35. The normalized spacial score (nSPS) is 23.2. The summed E-state index contributed by atoms with van der Waals surface area (Å²) >= 11 is 0. The third kappa shape index (κ3) is 6.29. The SMILES string of the molecule is CS(=N)(=O)CCC1CCNCC1.Cl. The first kappa shape index (κ1) is 13.2. The Labute approximate surface area is 87.1 Å². The summed E-state index contributed by atoms with van der Waals surface area (Å²) in [5, 5.41) is 3.29. The predicted octanol–water partition coefficient (Wildman–Crippen LogP) is 1.47. The standard InChI is InChI=1S/C8H18N2OS.ClH/c1-12(9,11)7-4-8-2-5-10-6-3-8;/h8-10H,2-7H2,1H3;1H. The molecule has 1 unspecified atom stereocenters. The quantitative estimate of drug-likeness (QED) is 0.766. The molecule has 1 fully saturated rings. The second-order valence-electron chi connectivity index (χ2n) is 3.69. The Hall–Kier alpha value is 0.200. The van der Waals surface area contributed by atoms with E-state index in [1.165, 1.54) is 19.1 Å². The van der Waals surface area contributed by atoms with Crippen LogP contribution in [0.4, 0.5) is 0 Å². The first-order valence-electron chi connectivity index (χ1n) is 4.50. The molecule has 1 saturated heterocycles. The Balaban J connectivity index is 0.00000144. The molecule has 1 aliphatic heterocycles. The van der Waals surface area contributed by atoms with Gasteiger partial charge in [-0.15, -0.1) is 12.4 Å². The van der Waals surface area contributed by atoms with Crippen LogP contribution in [-0.4, -0.2) is 29.3 Å². The molecule has 3 nitrogen and oxygen atoms in total. The van der Waals surface area contributed by atoms with Gasteiger partial charge in [0.2, 0.25) is 0 Å². The van der Waals surface area contributed by atoms with Crippen molar-refractivity contribution in [3.63, 3.8) is 0 Å². The molecule has 1 aliphatic rings. The molecule has 1 rings (SSSR count). The lowest BCUT2D eigenvalue weighted by molar-refractivity contribution is 0.366. The smallest absolute Gasteiger partial charge is 0.0412 e. The van der Waals surface area contributed by atoms with Gasteiger partial charge in [0.05, 0.1) is 0 Å². The molecule has 13 heavy (non-hydrogen) atoms. The van der Waals surface area contributed by atoms with Crippen molar-refractivity contribution in [3.8, 4) is 0 Å². The fourth-order valence-electron chi connectivity index (χ4n) is 1.56. The van der Waals surface area contributed by atoms with Gasteiger partial charge in [-0.2, -0.15) is 0 Å². The van der Waals surface area contributed by atoms with E-state index in [0.717, 1.165) is 19.5 Å². The monoisotopic (exact) mass is 226 g/mol. The first-order chi connectivity index (χ1) is 5.58. The largest absolute Gasteiger partial charge is 0.317 e. The fraction of sp³-hybridized carbons (Fsp3) is 1.00. The van der Waals surface area contributed by atoms with E-state index in [1.54, 1.807) is 0 Å². The van der Waals surface area contributed by atoms with Crippen LogP contribution < -0.4 is 5.32 Å². The zero-order chi connectivity index (χ0) is 9.03. The second-order valence-corrected chi connectivity index (χ2v) is 6.11. The Morgan fingerprint density at radius 2 is 2.00 bits per heavy atom. The maximum Gasteiger partial charge on any atom is 0.0412 e. The molecule has 80 valence electrons. The molecule has 0 aromatic carbocycles. The molecule has 0 radical (unpaired) electrons. The maximum atomic E-state index is 11.1. The molecule has 1 atom stereocenters. The highest BCUT2D eigenvalue weighted by Crippen LogP contribution is 2.16. The van der Waals surface area contributed by atoms with Crippen LogP contribution in [0.15, 0.2) is 0 Å². The maximum absolute atomic E-state index is 11.1. The van der Waals surface area contributed by atoms with Crippen molar-refractivity contribution < 1.29 is 4.21 Å². The molecule has 0 amide bonds. The number of halogens is 1. The Bertz CT molecular complexity index is 222. The van der Waals surface area contributed by atoms with Gasteiger partial charge < -0.3 is 5.32 Å². The topological polar surface area (TPSA) is 53.0 Å². The van der Waals surface area contributed by atoms with Crippen LogP contribution in [-0.2, 0) is 9.73 Å². The minimum absolute atomic E-state index is 0. The van der Waals surface area contributed by atoms with Crippen LogP contribution in [0.3, 0.4) is 0 Å². The second kappa shape index (κ2) is 5.83. The van der Waals surface area contributed by atoms with Crippen LogP contribution >= 0.6 is 12.4 Å². The van der Waals surface area contributed by atoms with E-state index in [9.17, 15) is 4.21 Å². The van der Waals surface area contributed by atoms with Crippen LogP contribution in [0.2, 0.25) is 0 Å². The van der Waals surface area contributed by atoms with E-state index in [2.05, 4.69) is 5.32 Å². The van der Waals surface area contributed by atoms with Gasteiger partial charge in [-0.05, 0) is 38.3 Å². The summed E-state index contributed by atoms with van der Waals surface area (Å²) in [6.45, 7) is 2.18. The number of rotatable bonds is 3. The van der Waals surface area contributed by atoms with Crippen LogP contribution in [0.5, 0.6) is 0 Å². The van der Waals surface area contributed by atoms with Gasteiger partial charge in [0, 0.05) is 21.7 Å². The average molecular weight is 227 g/mol.